The number of nitrogens with one attached hydrogen (secondary N) is 2. The molecule has 10 nitrogen and oxygen atoms in total. The predicted molar refractivity (Wildman–Crippen MR) is 118 cm³/mol. The highest BCUT2D eigenvalue weighted by Crippen LogP contribution is 2.45. The van der Waals surface area contributed by atoms with Crippen LogP contribution in [0.1, 0.15) is 46.5 Å². The van der Waals surface area contributed by atoms with Gasteiger partial charge in [0.05, 0.1) is 19.8 Å². The van der Waals surface area contributed by atoms with Gasteiger partial charge in [-0.1, -0.05) is 20.8 Å². The summed E-state index contributed by atoms with van der Waals surface area (Å²) in [6.07, 6.45) is 2.81. The number of amides is 4. The molecule has 10 heteroatoms. The molecule has 0 saturated heterocycles. The maximum absolute atomic E-state index is 12.7. The number of carbonyl (C=O) groups excluding carboxylic acids is 2. The second-order valence-electron chi connectivity index (χ2n) is 9.59. The van der Waals surface area contributed by atoms with Gasteiger partial charge in [-0.2, -0.15) is 0 Å². The molecule has 0 radical (unpaired) electrons. The summed E-state index contributed by atoms with van der Waals surface area (Å²) in [6, 6.07) is -0.667. The summed E-state index contributed by atoms with van der Waals surface area (Å²) in [6.45, 7) is 7.18. The van der Waals surface area contributed by atoms with Crippen molar-refractivity contribution in [3.8, 4) is 0 Å². The van der Waals surface area contributed by atoms with Crippen molar-refractivity contribution in [3.63, 3.8) is 0 Å². The van der Waals surface area contributed by atoms with Crippen LogP contribution in [0.5, 0.6) is 0 Å². The van der Waals surface area contributed by atoms with Crippen LogP contribution in [0.15, 0.2) is 0 Å². The summed E-state index contributed by atoms with van der Waals surface area (Å²) in [5.41, 5.74) is -0.287. The minimum absolute atomic E-state index is 0.0208. The highest BCUT2D eigenvalue weighted by molar-refractivity contribution is 5.75. The van der Waals surface area contributed by atoms with Crippen molar-refractivity contribution in [2.75, 3.05) is 59.2 Å². The van der Waals surface area contributed by atoms with Gasteiger partial charge in [0, 0.05) is 45.4 Å². The van der Waals surface area contributed by atoms with Crippen LogP contribution in [0.25, 0.3) is 0 Å². The molecule has 1 fully saturated rings. The van der Waals surface area contributed by atoms with Gasteiger partial charge in [0.25, 0.3) is 0 Å². The molecule has 31 heavy (non-hydrogen) atoms. The van der Waals surface area contributed by atoms with Crippen molar-refractivity contribution in [1.82, 2.24) is 20.4 Å². The lowest BCUT2D eigenvalue weighted by Crippen LogP contribution is -2.54. The van der Waals surface area contributed by atoms with E-state index in [1.165, 1.54) is 9.80 Å². The Labute approximate surface area is 185 Å². The van der Waals surface area contributed by atoms with Gasteiger partial charge in [0.1, 0.15) is 0 Å². The first-order valence-electron chi connectivity index (χ1n) is 11.1. The maximum atomic E-state index is 12.7. The molecular weight excluding hydrogens is 404 g/mol. The number of nitrogens with zero attached hydrogens (tertiary/aromatic N) is 2. The molecule has 2 unspecified atom stereocenters. The van der Waals surface area contributed by atoms with E-state index >= 15 is 0 Å². The lowest BCUT2D eigenvalue weighted by molar-refractivity contribution is 0.0694. The molecule has 0 aliphatic heterocycles. The van der Waals surface area contributed by atoms with Crippen molar-refractivity contribution < 1.29 is 30.0 Å². The van der Waals surface area contributed by atoms with Crippen LogP contribution < -0.4 is 10.6 Å². The zero-order valence-electron chi connectivity index (χ0n) is 19.3. The molecule has 4 amide bonds. The standard InChI is InChI=1S/C21H42N4O6/c1-20(2)13-17(23-19(31)24(6-10-27)5-4-9-26)14-21(3,15-20)16-22-18(30)25(7-11-28)8-12-29/h17,26-29H,4-16H2,1-3H3,(H,22,30)(H,23,31). The average Bonchev–Trinajstić information content (AvgIpc) is 2.67. The second-order valence-corrected chi connectivity index (χ2v) is 9.59. The Bertz CT molecular complexity index is 556. The second kappa shape index (κ2) is 13.0. The van der Waals surface area contributed by atoms with Crippen molar-refractivity contribution in [2.24, 2.45) is 10.8 Å². The highest BCUT2D eigenvalue weighted by atomic mass is 16.3. The van der Waals surface area contributed by atoms with E-state index in [0.717, 1.165) is 12.8 Å². The predicted octanol–water partition coefficient (Wildman–Crippen LogP) is -0.0461. The van der Waals surface area contributed by atoms with E-state index in [2.05, 4.69) is 31.4 Å². The van der Waals surface area contributed by atoms with Crippen molar-refractivity contribution in [2.45, 2.75) is 52.5 Å². The molecule has 0 aromatic heterocycles. The van der Waals surface area contributed by atoms with E-state index in [-0.39, 0.29) is 75.0 Å². The molecule has 182 valence electrons. The third-order valence-corrected chi connectivity index (χ3v) is 5.71. The molecule has 0 spiro atoms. The van der Waals surface area contributed by atoms with E-state index in [9.17, 15) is 14.7 Å². The number of rotatable bonds is 12. The fourth-order valence-electron chi connectivity index (χ4n) is 4.79. The molecule has 1 aliphatic carbocycles. The van der Waals surface area contributed by atoms with Gasteiger partial charge in [0.15, 0.2) is 0 Å². The van der Waals surface area contributed by atoms with Gasteiger partial charge >= 0.3 is 12.1 Å². The van der Waals surface area contributed by atoms with Gasteiger partial charge in [0.2, 0.25) is 0 Å². The first kappa shape index (κ1) is 27.4. The lowest BCUT2D eigenvalue weighted by atomic mass is 9.62. The Morgan fingerprint density at radius 1 is 0.839 bits per heavy atom. The maximum Gasteiger partial charge on any atom is 0.317 e. The Balaban J connectivity index is 2.77. The van der Waals surface area contributed by atoms with Crippen LogP contribution in [-0.2, 0) is 0 Å². The van der Waals surface area contributed by atoms with Crippen molar-refractivity contribution in [3.05, 3.63) is 0 Å². The number of aliphatic hydroxyl groups is 4. The van der Waals surface area contributed by atoms with Gasteiger partial charge in [-0.05, 0) is 36.5 Å². The molecule has 1 saturated carbocycles. The molecule has 0 bridgehead atoms. The number of urea groups is 2. The van der Waals surface area contributed by atoms with E-state index in [1.54, 1.807) is 0 Å². The first-order chi connectivity index (χ1) is 14.6. The van der Waals surface area contributed by atoms with Crippen LogP contribution in [0.2, 0.25) is 0 Å². The molecule has 0 aromatic rings. The van der Waals surface area contributed by atoms with Crippen LogP contribution >= 0.6 is 0 Å². The fourth-order valence-corrected chi connectivity index (χ4v) is 4.79. The third-order valence-electron chi connectivity index (χ3n) is 5.71. The number of aliphatic hydroxyl groups excluding tert-OH is 4. The number of carbonyl (C=O) groups is 2. The Kier molecular flexibility index (Phi) is 11.5. The molecule has 0 aromatic carbocycles. The smallest absolute Gasteiger partial charge is 0.317 e. The highest BCUT2D eigenvalue weighted by Gasteiger charge is 2.42. The van der Waals surface area contributed by atoms with Crippen molar-refractivity contribution >= 4 is 12.1 Å². The number of hydrogen-bond acceptors (Lipinski definition) is 6. The molecule has 6 N–H and O–H groups in total. The van der Waals surface area contributed by atoms with E-state index in [4.69, 9.17) is 15.3 Å². The van der Waals surface area contributed by atoms with Gasteiger partial charge in [-0.3, -0.25) is 0 Å². The van der Waals surface area contributed by atoms with Gasteiger partial charge in [-0.25, -0.2) is 9.59 Å². The van der Waals surface area contributed by atoms with Gasteiger partial charge < -0.3 is 40.9 Å². The summed E-state index contributed by atoms with van der Waals surface area (Å²) < 4.78 is 0. The summed E-state index contributed by atoms with van der Waals surface area (Å²) in [5.74, 6) is 0. The SMILES string of the molecule is CC1(C)CC(NC(=O)N(CCO)CCCO)CC(C)(CNC(=O)N(CCO)CCO)C1. The Morgan fingerprint density at radius 2 is 1.39 bits per heavy atom. The van der Waals surface area contributed by atoms with Crippen molar-refractivity contribution in [1.29, 1.82) is 0 Å². The minimum atomic E-state index is -0.327. The normalized spacial score (nSPS) is 22.6. The summed E-state index contributed by atoms with van der Waals surface area (Å²) in [4.78, 5) is 28.1. The van der Waals surface area contributed by atoms with Crippen LogP contribution in [0, 0.1) is 10.8 Å². The molecule has 1 aliphatic rings. The molecular formula is C21H42N4O6. The molecule has 1 rings (SSSR count). The Morgan fingerprint density at radius 3 is 1.90 bits per heavy atom. The van der Waals surface area contributed by atoms with E-state index in [1.807, 2.05) is 0 Å². The van der Waals surface area contributed by atoms with Crippen LogP contribution in [0.4, 0.5) is 9.59 Å². The largest absolute Gasteiger partial charge is 0.396 e. The summed E-state index contributed by atoms with van der Waals surface area (Å²) in [7, 11) is 0. The monoisotopic (exact) mass is 446 g/mol. The number of hydrogen-bond donors (Lipinski definition) is 6. The first-order valence-corrected chi connectivity index (χ1v) is 11.1. The van der Waals surface area contributed by atoms with Crippen LogP contribution in [0.3, 0.4) is 0 Å². The molecule has 0 heterocycles. The fraction of sp³-hybridized carbons (Fsp3) is 0.905. The summed E-state index contributed by atoms with van der Waals surface area (Å²) >= 11 is 0. The third kappa shape index (κ3) is 9.59. The van der Waals surface area contributed by atoms with Crippen LogP contribution in [-0.4, -0.2) is 107 Å². The van der Waals surface area contributed by atoms with E-state index < -0.39 is 0 Å². The molecule has 2 atom stereocenters. The quantitative estimate of drug-likeness (QED) is 0.248. The summed E-state index contributed by atoms with van der Waals surface area (Å²) in [5, 5.41) is 42.5. The lowest BCUT2D eigenvalue weighted by Gasteiger charge is -2.47. The zero-order chi connectivity index (χ0) is 23.5. The topological polar surface area (TPSA) is 146 Å². The minimum Gasteiger partial charge on any atom is -0.396 e. The zero-order valence-corrected chi connectivity index (χ0v) is 19.3. The van der Waals surface area contributed by atoms with Gasteiger partial charge in [-0.15, -0.1) is 0 Å². The average molecular weight is 447 g/mol. The Hall–Kier alpha value is -1.62. The van der Waals surface area contributed by atoms with E-state index in [0.29, 0.717) is 25.9 Å².